The van der Waals surface area contributed by atoms with Crippen LogP contribution in [0.2, 0.25) is 0 Å². The zero-order chi connectivity index (χ0) is 14.5. The third-order valence-electron chi connectivity index (χ3n) is 3.73. The number of ether oxygens (including phenoxy) is 1. The summed E-state index contributed by atoms with van der Waals surface area (Å²) in [5, 5.41) is 10.6. The van der Waals surface area contributed by atoms with Crippen molar-refractivity contribution in [2.45, 2.75) is 13.5 Å². The first-order chi connectivity index (χ1) is 10.3. The number of nitrogens with zero attached hydrogens (tertiary/aromatic N) is 2. The maximum atomic E-state index is 5.65. The highest BCUT2D eigenvalue weighted by Crippen LogP contribution is 2.23. The van der Waals surface area contributed by atoms with Crippen molar-refractivity contribution in [2.75, 3.05) is 39.4 Å². The van der Waals surface area contributed by atoms with Gasteiger partial charge in [0.2, 0.25) is 0 Å². The van der Waals surface area contributed by atoms with Crippen molar-refractivity contribution in [1.82, 2.24) is 20.4 Å². The number of furan rings is 1. The lowest BCUT2D eigenvalue weighted by molar-refractivity contribution is 0.0384. The van der Waals surface area contributed by atoms with Crippen molar-refractivity contribution in [3.63, 3.8) is 0 Å². The van der Waals surface area contributed by atoms with E-state index in [1.165, 1.54) is 0 Å². The summed E-state index contributed by atoms with van der Waals surface area (Å²) in [6.45, 7) is 8.51. The molecule has 0 amide bonds. The second-order valence-corrected chi connectivity index (χ2v) is 5.31. The Morgan fingerprint density at radius 3 is 2.95 bits per heavy atom. The van der Waals surface area contributed by atoms with Gasteiger partial charge < -0.3 is 14.5 Å². The molecule has 1 fully saturated rings. The highest BCUT2D eigenvalue weighted by molar-refractivity contribution is 5.56. The standard InChI is InChI=1S/C15H22N4O2/c1-12-2-3-14(21-12)15-13(11-17-18-15)10-16-4-5-19-6-8-20-9-7-19/h2-3,11,16H,4-10H2,1H3,(H,17,18). The molecule has 0 atom stereocenters. The van der Waals surface area contributed by atoms with Crippen LogP contribution in [0.25, 0.3) is 11.5 Å². The van der Waals surface area contributed by atoms with E-state index in [4.69, 9.17) is 9.15 Å². The van der Waals surface area contributed by atoms with Crippen molar-refractivity contribution in [3.05, 3.63) is 29.7 Å². The predicted molar refractivity (Wildman–Crippen MR) is 80.0 cm³/mol. The Bertz CT molecular complexity index is 558. The lowest BCUT2D eigenvalue weighted by Crippen LogP contribution is -2.40. The van der Waals surface area contributed by atoms with Crippen LogP contribution in [0.15, 0.2) is 22.7 Å². The fourth-order valence-electron chi connectivity index (χ4n) is 2.51. The minimum Gasteiger partial charge on any atom is -0.460 e. The van der Waals surface area contributed by atoms with Gasteiger partial charge in [-0.05, 0) is 19.1 Å². The first-order valence-electron chi connectivity index (χ1n) is 7.43. The van der Waals surface area contributed by atoms with E-state index in [-0.39, 0.29) is 0 Å². The van der Waals surface area contributed by atoms with E-state index < -0.39 is 0 Å². The van der Waals surface area contributed by atoms with E-state index >= 15 is 0 Å². The lowest BCUT2D eigenvalue weighted by atomic mass is 10.2. The fourth-order valence-corrected chi connectivity index (χ4v) is 2.51. The minimum atomic E-state index is 0.788. The number of aromatic amines is 1. The van der Waals surface area contributed by atoms with Gasteiger partial charge in [-0.15, -0.1) is 0 Å². The Morgan fingerprint density at radius 1 is 1.33 bits per heavy atom. The average molecular weight is 290 g/mol. The summed E-state index contributed by atoms with van der Waals surface area (Å²) >= 11 is 0. The molecule has 3 rings (SSSR count). The molecule has 2 aromatic heterocycles. The molecule has 0 spiro atoms. The first kappa shape index (κ1) is 14.3. The van der Waals surface area contributed by atoms with Gasteiger partial charge in [-0.3, -0.25) is 10.00 Å². The summed E-state index contributed by atoms with van der Waals surface area (Å²) in [6.07, 6.45) is 1.86. The van der Waals surface area contributed by atoms with Crippen LogP contribution in [-0.2, 0) is 11.3 Å². The Hall–Kier alpha value is -1.63. The smallest absolute Gasteiger partial charge is 0.152 e. The molecule has 0 saturated carbocycles. The number of hydrogen-bond acceptors (Lipinski definition) is 5. The van der Waals surface area contributed by atoms with Gasteiger partial charge in [-0.1, -0.05) is 0 Å². The summed E-state index contributed by atoms with van der Waals surface area (Å²) in [6, 6.07) is 3.94. The van der Waals surface area contributed by atoms with Crippen molar-refractivity contribution in [1.29, 1.82) is 0 Å². The normalized spacial score (nSPS) is 16.4. The fraction of sp³-hybridized carbons (Fsp3) is 0.533. The Balaban J connectivity index is 1.48. The lowest BCUT2D eigenvalue weighted by Gasteiger charge is -2.26. The van der Waals surface area contributed by atoms with Crippen LogP contribution in [0.4, 0.5) is 0 Å². The predicted octanol–water partition coefficient (Wildman–Crippen LogP) is 1.40. The van der Waals surface area contributed by atoms with Gasteiger partial charge in [-0.25, -0.2) is 0 Å². The molecule has 3 heterocycles. The van der Waals surface area contributed by atoms with Crippen LogP contribution in [0.1, 0.15) is 11.3 Å². The number of H-pyrrole nitrogens is 1. The number of rotatable bonds is 6. The van der Waals surface area contributed by atoms with E-state index in [1.54, 1.807) is 0 Å². The summed E-state index contributed by atoms with van der Waals surface area (Å²) in [5.41, 5.74) is 2.09. The molecule has 0 aromatic carbocycles. The summed E-state index contributed by atoms with van der Waals surface area (Å²) in [4.78, 5) is 2.42. The highest BCUT2D eigenvalue weighted by atomic mass is 16.5. The number of nitrogens with one attached hydrogen (secondary N) is 2. The molecular formula is C15H22N4O2. The third kappa shape index (κ3) is 3.72. The van der Waals surface area contributed by atoms with Crippen LogP contribution in [-0.4, -0.2) is 54.5 Å². The van der Waals surface area contributed by atoms with Gasteiger partial charge in [0.05, 0.1) is 19.4 Å². The maximum Gasteiger partial charge on any atom is 0.152 e. The van der Waals surface area contributed by atoms with Crippen LogP contribution in [0.5, 0.6) is 0 Å². The van der Waals surface area contributed by atoms with Gasteiger partial charge in [0.25, 0.3) is 0 Å². The molecule has 21 heavy (non-hydrogen) atoms. The van der Waals surface area contributed by atoms with Crippen LogP contribution in [0.3, 0.4) is 0 Å². The Labute approximate surface area is 124 Å². The second kappa shape index (κ2) is 6.89. The van der Waals surface area contributed by atoms with Crippen LogP contribution in [0, 0.1) is 6.92 Å². The van der Waals surface area contributed by atoms with Crippen molar-refractivity contribution >= 4 is 0 Å². The Morgan fingerprint density at radius 2 is 2.19 bits per heavy atom. The summed E-state index contributed by atoms with van der Waals surface area (Å²) in [5.74, 6) is 1.75. The van der Waals surface area contributed by atoms with Crippen LogP contribution < -0.4 is 5.32 Å². The molecule has 6 heteroatoms. The first-order valence-corrected chi connectivity index (χ1v) is 7.43. The topological polar surface area (TPSA) is 66.3 Å². The van der Waals surface area contributed by atoms with Gasteiger partial charge in [-0.2, -0.15) is 5.10 Å². The zero-order valence-electron chi connectivity index (χ0n) is 12.4. The molecule has 2 aromatic rings. The van der Waals surface area contributed by atoms with Gasteiger partial charge >= 0.3 is 0 Å². The van der Waals surface area contributed by atoms with E-state index in [9.17, 15) is 0 Å². The largest absolute Gasteiger partial charge is 0.460 e. The summed E-state index contributed by atoms with van der Waals surface area (Å²) in [7, 11) is 0. The van der Waals surface area contributed by atoms with Crippen LogP contribution >= 0.6 is 0 Å². The van der Waals surface area contributed by atoms with Gasteiger partial charge in [0.15, 0.2) is 5.76 Å². The number of morpholine rings is 1. The molecule has 1 saturated heterocycles. The monoisotopic (exact) mass is 290 g/mol. The zero-order valence-corrected chi connectivity index (χ0v) is 12.4. The number of hydrogen-bond donors (Lipinski definition) is 2. The second-order valence-electron chi connectivity index (χ2n) is 5.31. The SMILES string of the molecule is Cc1ccc(-c2[nH]ncc2CNCCN2CCOCC2)o1. The molecule has 1 aliphatic rings. The van der Waals surface area contributed by atoms with E-state index in [0.29, 0.717) is 0 Å². The average Bonchev–Trinajstić information content (AvgIpc) is 3.13. The van der Waals surface area contributed by atoms with E-state index in [2.05, 4.69) is 20.4 Å². The molecule has 6 nitrogen and oxygen atoms in total. The molecule has 0 bridgehead atoms. The molecular weight excluding hydrogens is 268 g/mol. The van der Waals surface area contributed by atoms with Gasteiger partial charge in [0, 0.05) is 38.3 Å². The minimum absolute atomic E-state index is 0.788. The third-order valence-corrected chi connectivity index (χ3v) is 3.73. The maximum absolute atomic E-state index is 5.65. The molecule has 0 aliphatic carbocycles. The highest BCUT2D eigenvalue weighted by Gasteiger charge is 2.12. The van der Waals surface area contributed by atoms with Crippen molar-refractivity contribution in [2.24, 2.45) is 0 Å². The Kier molecular flexibility index (Phi) is 4.69. The van der Waals surface area contributed by atoms with E-state index in [0.717, 1.165) is 68.7 Å². The van der Waals surface area contributed by atoms with E-state index in [1.807, 2.05) is 25.3 Å². The van der Waals surface area contributed by atoms with Gasteiger partial charge in [0.1, 0.15) is 11.5 Å². The molecule has 114 valence electrons. The molecule has 0 unspecified atom stereocenters. The number of aryl methyl sites for hydroxylation is 1. The van der Waals surface area contributed by atoms with Crippen molar-refractivity contribution in [3.8, 4) is 11.5 Å². The molecule has 0 radical (unpaired) electrons. The molecule has 1 aliphatic heterocycles. The molecule has 2 N–H and O–H groups in total. The summed E-state index contributed by atoms with van der Waals surface area (Å²) < 4.78 is 11.0. The van der Waals surface area contributed by atoms with Crippen molar-refractivity contribution < 1.29 is 9.15 Å². The quantitative estimate of drug-likeness (QED) is 0.787. The number of aromatic nitrogens is 2.